The largest absolute Gasteiger partial charge is 0.479 e. The van der Waals surface area contributed by atoms with Gasteiger partial charge in [0.2, 0.25) is 12.1 Å². The van der Waals surface area contributed by atoms with E-state index in [4.69, 9.17) is 0 Å². The summed E-state index contributed by atoms with van der Waals surface area (Å²) in [6.07, 6.45) is 3.72. The third kappa shape index (κ3) is 2.00. The SMILES string of the molecule is CCCC1(C(=O)O)CCCN1c1c([N+](=O)[O-])ncn1C. The van der Waals surface area contributed by atoms with Crippen molar-refractivity contribution in [3.63, 3.8) is 0 Å². The van der Waals surface area contributed by atoms with Crippen molar-refractivity contribution in [2.45, 2.75) is 38.1 Å². The van der Waals surface area contributed by atoms with E-state index in [1.807, 2.05) is 6.92 Å². The summed E-state index contributed by atoms with van der Waals surface area (Å²) in [5.41, 5.74) is -1.06. The van der Waals surface area contributed by atoms with Crippen LogP contribution < -0.4 is 4.90 Å². The van der Waals surface area contributed by atoms with Crippen molar-refractivity contribution in [2.24, 2.45) is 7.05 Å². The number of aliphatic carboxylic acids is 1. The Labute approximate surface area is 116 Å². The van der Waals surface area contributed by atoms with Gasteiger partial charge in [-0.05, 0) is 29.2 Å². The van der Waals surface area contributed by atoms with E-state index in [9.17, 15) is 20.0 Å². The van der Waals surface area contributed by atoms with E-state index >= 15 is 0 Å². The van der Waals surface area contributed by atoms with Crippen LogP contribution in [0.25, 0.3) is 0 Å². The van der Waals surface area contributed by atoms with Gasteiger partial charge in [-0.2, -0.15) is 0 Å². The zero-order valence-corrected chi connectivity index (χ0v) is 11.6. The Morgan fingerprint density at radius 2 is 2.35 bits per heavy atom. The van der Waals surface area contributed by atoms with Crippen LogP contribution in [0.5, 0.6) is 0 Å². The van der Waals surface area contributed by atoms with Crippen LogP contribution in [0, 0.1) is 10.1 Å². The Morgan fingerprint density at radius 1 is 1.65 bits per heavy atom. The molecule has 1 aliphatic heterocycles. The maximum atomic E-state index is 11.8. The number of aromatic nitrogens is 2. The van der Waals surface area contributed by atoms with Gasteiger partial charge in [-0.3, -0.25) is 4.57 Å². The van der Waals surface area contributed by atoms with Gasteiger partial charge in [-0.15, -0.1) is 0 Å². The lowest BCUT2D eigenvalue weighted by atomic mass is 9.90. The van der Waals surface area contributed by atoms with Crippen LogP contribution in [0.15, 0.2) is 6.33 Å². The van der Waals surface area contributed by atoms with E-state index < -0.39 is 16.4 Å². The Hall–Kier alpha value is -2.12. The van der Waals surface area contributed by atoms with Crippen molar-refractivity contribution in [3.05, 3.63) is 16.4 Å². The van der Waals surface area contributed by atoms with Crippen LogP contribution >= 0.6 is 0 Å². The van der Waals surface area contributed by atoms with Crippen LogP contribution in [-0.4, -0.2) is 37.6 Å². The third-order valence-corrected chi connectivity index (χ3v) is 3.87. The van der Waals surface area contributed by atoms with Crippen LogP contribution in [0.2, 0.25) is 0 Å². The summed E-state index contributed by atoms with van der Waals surface area (Å²) in [6.45, 7) is 2.41. The van der Waals surface area contributed by atoms with Gasteiger partial charge in [0, 0.05) is 13.6 Å². The quantitative estimate of drug-likeness (QED) is 0.649. The average molecular weight is 282 g/mol. The van der Waals surface area contributed by atoms with Crippen molar-refractivity contribution >= 4 is 17.6 Å². The number of anilines is 1. The zero-order valence-electron chi connectivity index (χ0n) is 11.6. The van der Waals surface area contributed by atoms with E-state index in [1.54, 1.807) is 11.9 Å². The fourth-order valence-corrected chi connectivity index (χ4v) is 3.04. The number of carboxylic acids is 1. The molecular weight excluding hydrogens is 264 g/mol. The molecule has 0 amide bonds. The number of rotatable bonds is 5. The maximum absolute atomic E-state index is 11.8. The first-order chi connectivity index (χ1) is 9.44. The molecule has 1 aromatic rings. The van der Waals surface area contributed by atoms with E-state index in [2.05, 4.69) is 4.98 Å². The summed E-state index contributed by atoms with van der Waals surface area (Å²) in [5, 5.41) is 20.7. The highest BCUT2D eigenvalue weighted by Gasteiger charge is 2.50. The first-order valence-corrected chi connectivity index (χ1v) is 6.60. The smallest absolute Gasteiger partial charge is 0.406 e. The molecule has 1 atom stereocenters. The van der Waals surface area contributed by atoms with Crippen molar-refractivity contribution in [1.82, 2.24) is 9.55 Å². The molecule has 1 unspecified atom stereocenters. The Balaban J connectivity index is 2.53. The molecule has 8 nitrogen and oxygen atoms in total. The number of carbonyl (C=O) groups is 1. The fourth-order valence-electron chi connectivity index (χ4n) is 3.04. The Morgan fingerprint density at radius 3 is 2.90 bits per heavy atom. The number of aryl methyl sites for hydroxylation is 1. The molecule has 0 aromatic carbocycles. The Bertz CT molecular complexity index is 542. The van der Waals surface area contributed by atoms with E-state index in [0.717, 1.165) is 0 Å². The van der Waals surface area contributed by atoms with Crippen LogP contribution in [0.1, 0.15) is 32.6 Å². The minimum Gasteiger partial charge on any atom is -0.479 e. The molecule has 2 heterocycles. The summed E-state index contributed by atoms with van der Waals surface area (Å²) in [5.74, 6) is -0.924. The van der Waals surface area contributed by atoms with Crippen molar-refractivity contribution < 1.29 is 14.8 Å². The molecule has 0 radical (unpaired) electrons. The van der Waals surface area contributed by atoms with Crippen molar-refractivity contribution in [1.29, 1.82) is 0 Å². The van der Waals surface area contributed by atoms with Crippen LogP contribution in [-0.2, 0) is 11.8 Å². The maximum Gasteiger partial charge on any atom is 0.406 e. The first kappa shape index (κ1) is 14.3. The van der Waals surface area contributed by atoms with Gasteiger partial charge < -0.3 is 20.1 Å². The molecule has 0 saturated carbocycles. The van der Waals surface area contributed by atoms with Crippen LogP contribution in [0.4, 0.5) is 11.6 Å². The second kappa shape index (κ2) is 5.10. The van der Waals surface area contributed by atoms with E-state index in [0.29, 0.717) is 32.2 Å². The fraction of sp³-hybridized carbons (Fsp3) is 0.667. The predicted molar refractivity (Wildman–Crippen MR) is 71.7 cm³/mol. The topological polar surface area (TPSA) is 102 Å². The minimum absolute atomic E-state index is 0.281. The summed E-state index contributed by atoms with van der Waals surface area (Å²) >= 11 is 0. The molecule has 1 N–H and O–H groups in total. The lowest BCUT2D eigenvalue weighted by Crippen LogP contribution is -2.51. The van der Waals surface area contributed by atoms with Gasteiger partial charge in [0.25, 0.3) is 0 Å². The highest BCUT2D eigenvalue weighted by Crippen LogP contribution is 2.40. The molecular formula is C12H18N4O4. The van der Waals surface area contributed by atoms with Gasteiger partial charge in [-0.1, -0.05) is 13.3 Å². The summed E-state index contributed by atoms with van der Waals surface area (Å²) in [6, 6.07) is 0. The molecule has 20 heavy (non-hydrogen) atoms. The van der Waals surface area contributed by atoms with Crippen molar-refractivity contribution in [3.8, 4) is 0 Å². The number of hydrogen-bond acceptors (Lipinski definition) is 5. The lowest BCUT2D eigenvalue weighted by Gasteiger charge is -2.35. The van der Waals surface area contributed by atoms with Gasteiger partial charge in [0.1, 0.15) is 5.54 Å². The first-order valence-electron chi connectivity index (χ1n) is 6.60. The standard InChI is InChI=1S/C12H18N4O4/c1-3-5-12(11(17)18)6-4-7-15(12)10-9(16(19)20)13-8-14(10)2/h8H,3-7H2,1-2H3,(H,17,18). The highest BCUT2D eigenvalue weighted by atomic mass is 16.6. The molecule has 1 saturated heterocycles. The van der Waals surface area contributed by atoms with Gasteiger partial charge in [0.15, 0.2) is 0 Å². The monoisotopic (exact) mass is 282 g/mol. The number of nitrogens with zero attached hydrogens (tertiary/aromatic N) is 4. The van der Waals surface area contributed by atoms with E-state index in [1.165, 1.54) is 10.9 Å². The molecule has 110 valence electrons. The molecule has 2 rings (SSSR count). The molecule has 8 heteroatoms. The summed E-state index contributed by atoms with van der Waals surface area (Å²) < 4.78 is 1.52. The van der Waals surface area contributed by atoms with Crippen molar-refractivity contribution in [2.75, 3.05) is 11.4 Å². The second-order valence-corrected chi connectivity index (χ2v) is 5.10. The number of carboxylic acid groups (broad SMARTS) is 1. The molecule has 0 bridgehead atoms. The van der Waals surface area contributed by atoms with E-state index in [-0.39, 0.29) is 11.6 Å². The molecule has 1 aliphatic rings. The number of imidazole rings is 1. The van der Waals surface area contributed by atoms with Crippen LogP contribution in [0.3, 0.4) is 0 Å². The van der Waals surface area contributed by atoms with Gasteiger partial charge in [-0.25, -0.2) is 4.79 Å². The number of hydrogen-bond donors (Lipinski definition) is 1. The second-order valence-electron chi connectivity index (χ2n) is 5.10. The molecule has 0 spiro atoms. The lowest BCUT2D eigenvalue weighted by molar-refractivity contribution is -0.388. The molecule has 0 aliphatic carbocycles. The summed E-state index contributed by atoms with van der Waals surface area (Å²) in [7, 11) is 1.65. The zero-order chi connectivity index (χ0) is 14.9. The highest BCUT2D eigenvalue weighted by molar-refractivity contribution is 5.85. The third-order valence-electron chi connectivity index (χ3n) is 3.87. The normalized spacial score (nSPS) is 22.2. The molecule has 1 aromatic heterocycles. The summed E-state index contributed by atoms with van der Waals surface area (Å²) in [4.78, 5) is 27.7. The molecule has 1 fully saturated rings. The van der Waals surface area contributed by atoms with Gasteiger partial charge >= 0.3 is 11.8 Å². The minimum atomic E-state index is -1.06. The Kier molecular flexibility index (Phi) is 3.65. The number of nitro groups is 1. The average Bonchev–Trinajstić information content (AvgIpc) is 2.93. The predicted octanol–water partition coefficient (Wildman–Crippen LogP) is 1.55. The van der Waals surface area contributed by atoms with Gasteiger partial charge in [0.05, 0.1) is 0 Å².